The lowest BCUT2D eigenvalue weighted by Crippen LogP contribution is -2.13. The van der Waals surface area contributed by atoms with E-state index in [0.717, 1.165) is 38.6 Å². The van der Waals surface area contributed by atoms with Crippen molar-refractivity contribution in [2.24, 2.45) is 11.7 Å². The minimum Gasteiger partial charge on any atom is -0.481 e. The molecule has 0 amide bonds. The summed E-state index contributed by atoms with van der Waals surface area (Å²) in [5, 5.41) is 9.43. The fraction of sp³-hybridized carbons (Fsp3) is 0.958. The molecule has 0 spiro atoms. The lowest BCUT2D eigenvalue weighted by Gasteiger charge is -2.12. The summed E-state index contributed by atoms with van der Waals surface area (Å²) < 4.78 is 0. The molecule has 0 aromatic carbocycles. The molecule has 0 aromatic heterocycles. The third-order valence-electron chi connectivity index (χ3n) is 5.76. The third kappa shape index (κ3) is 20.0. The summed E-state index contributed by atoms with van der Waals surface area (Å²) in [6.45, 7) is 3.08. The van der Waals surface area contributed by atoms with Crippen LogP contribution < -0.4 is 5.73 Å². The van der Waals surface area contributed by atoms with Crippen LogP contribution in [0.1, 0.15) is 135 Å². The van der Waals surface area contributed by atoms with Crippen molar-refractivity contribution in [1.82, 2.24) is 0 Å². The molecule has 0 saturated heterocycles. The number of rotatable bonds is 22. The van der Waals surface area contributed by atoms with Crippen LogP contribution in [-0.2, 0) is 4.79 Å². The smallest absolute Gasteiger partial charge is 0.306 e. The molecule has 0 rings (SSSR count). The molecular weight excluding hydrogens is 334 g/mol. The van der Waals surface area contributed by atoms with Crippen LogP contribution in [0.15, 0.2) is 0 Å². The normalized spacial score (nSPS) is 12.4. The zero-order valence-corrected chi connectivity index (χ0v) is 18.4. The van der Waals surface area contributed by atoms with Crippen molar-refractivity contribution in [1.29, 1.82) is 0 Å². The van der Waals surface area contributed by atoms with E-state index in [1.165, 1.54) is 96.3 Å². The Kier molecular flexibility index (Phi) is 21.3. The van der Waals surface area contributed by atoms with Crippen LogP contribution in [-0.4, -0.2) is 17.6 Å². The monoisotopic (exact) mass is 383 g/mol. The second kappa shape index (κ2) is 21.7. The Labute approximate surface area is 169 Å². The summed E-state index contributed by atoms with van der Waals surface area (Å²) in [6, 6.07) is 0. The number of nitrogens with two attached hydrogens (primary N) is 1. The van der Waals surface area contributed by atoms with E-state index in [9.17, 15) is 9.90 Å². The van der Waals surface area contributed by atoms with E-state index in [-0.39, 0.29) is 5.92 Å². The summed E-state index contributed by atoms with van der Waals surface area (Å²) in [5.74, 6) is -0.684. The van der Waals surface area contributed by atoms with Gasteiger partial charge >= 0.3 is 5.97 Å². The Bertz CT molecular complexity index is 307. The number of aliphatic carboxylic acids is 1. The van der Waals surface area contributed by atoms with Gasteiger partial charge in [0.25, 0.3) is 0 Å². The summed E-state index contributed by atoms with van der Waals surface area (Å²) in [6.07, 6.45) is 24.7. The Morgan fingerprint density at radius 3 is 1.30 bits per heavy atom. The highest BCUT2D eigenvalue weighted by atomic mass is 16.4. The summed E-state index contributed by atoms with van der Waals surface area (Å²) >= 11 is 0. The fourth-order valence-electron chi connectivity index (χ4n) is 3.87. The van der Waals surface area contributed by atoms with E-state index >= 15 is 0 Å². The van der Waals surface area contributed by atoms with Crippen LogP contribution >= 0.6 is 0 Å². The van der Waals surface area contributed by atoms with E-state index in [0.29, 0.717) is 0 Å². The zero-order valence-electron chi connectivity index (χ0n) is 18.4. The number of hydrogen-bond donors (Lipinski definition) is 2. The lowest BCUT2D eigenvalue weighted by atomic mass is 9.94. The SMILES string of the molecule is CCCCCCCCCCCCC(CCCCCCCCCCN)C(=O)O. The number of carbonyl (C=O) groups is 1. The first-order valence-corrected chi connectivity index (χ1v) is 12.1. The van der Waals surface area contributed by atoms with Gasteiger partial charge in [0.2, 0.25) is 0 Å². The molecule has 0 heterocycles. The van der Waals surface area contributed by atoms with Gasteiger partial charge in [-0.15, -0.1) is 0 Å². The van der Waals surface area contributed by atoms with Gasteiger partial charge in [0, 0.05) is 0 Å². The van der Waals surface area contributed by atoms with E-state index in [1.807, 2.05) is 0 Å². The van der Waals surface area contributed by atoms with Crippen LogP contribution in [0.2, 0.25) is 0 Å². The molecule has 0 aliphatic carbocycles. The molecule has 0 fully saturated rings. The maximum absolute atomic E-state index is 11.4. The topological polar surface area (TPSA) is 63.3 Å². The number of unbranched alkanes of at least 4 members (excludes halogenated alkanes) is 16. The molecule has 0 radical (unpaired) electrons. The quantitative estimate of drug-likeness (QED) is 0.191. The fourth-order valence-corrected chi connectivity index (χ4v) is 3.87. The molecule has 1 atom stereocenters. The van der Waals surface area contributed by atoms with Gasteiger partial charge in [-0.05, 0) is 25.8 Å². The van der Waals surface area contributed by atoms with Crippen LogP contribution in [0.25, 0.3) is 0 Å². The van der Waals surface area contributed by atoms with Crippen molar-refractivity contribution in [3.05, 3.63) is 0 Å². The molecule has 3 nitrogen and oxygen atoms in total. The van der Waals surface area contributed by atoms with Gasteiger partial charge in [-0.25, -0.2) is 0 Å². The van der Waals surface area contributed by atoms with Gasteiger partial charge in [-0.3, -0.25) is 4.79 Å². The van der Waals surface area contributed by atoms with Crippen LogP contribution in [0.4, 0.5) is 0 Å². The largest absolute Gasteiger partial charge is 0.481 e. The number of hydrogen-bond acceptors (Lipinski definition) is 2. The second-order valence-electron chi connectivity index (χ2n) is 8.41. The molecular formula is C24H49NO2. The van der Waals surface area contributed by atoms with Gasteiger partial charge in [0.1, 0.15) is 0 Å². The average molecular weight is 384 g/mol. The zero-order chi connectivity index (χ0) is 20.0. The first-order chi connectivity index (χ1) is 13.2. The average Bonchev–Trinajstić information content (AvgIpc) is 2.66. The van der Waals surface area contributed by atoms with E-state index in [1.54, 1.807) is 0 Å². The van der Waals surface area contributed by atoms with E-state index in [2.05, 4.69) is 6.92 Å². The summed E-state index contributed by atoms with van der Waals surface area (Å²) in [5.41, 5.74) is 5.50. The highest BCUT2D eigenvalue weighted by molar-refractivity contribution is 5.69. The molecule has 0 bridgehead atoms. The third-order valence-corrected chi connectivity index (χ3v) is 5.76. The van der Waals surface area contributed by atoms with Gasteiger partial charge in [0.15, 0.2) is 0 Å². The van der Waals surface area contributed by atoms with Crippen molar-refractivity contribution in [3.8, 4) is 0 Å². The molecule has 0 aromatic rings. The van der Waals surface area contributed by atoms with Gasteiger partial charge < -0.3 is 10.8 Å². The van der Waals surface area contributed by atoms with Crippen molar-refractivity contribution in [2.75, 3.05) is 6.54 Å². The molecule has 27 heavy (non-hydrogen) atoms. The minimum atomic E-state index is -0.576. The van der Waals surface area contributed by atoms with Gasteiger partial charge in [0.05, 0.1) is 5.92 Å². The molecule has 0 aliphatic heterocycles. The molecule has 0 aliphatic rings. The van der Waals surface area contributed by atoms with E-state index < -0.39 is 5.97 Å². The Balaban J connectivity index is 3.46. The predicted molar refractivity (Wildman–Crippen MR) is 118 cm³/mol. The van der Waals surface area contributed by atoms with Gasteiger partial charge in [-0.2, -0.15) is 0 Å². The van der Waals surface area contributed by atoms with Crippen molar-refractivity contribution < 1.29 is 9.90 Å². The lowest BCUT2D eigenvalue weighted by molar-refractivity contribution is -0.142. The Hall–Kier alpha value is -0.570. The maximum atomic E-state index is 11.4. The highest BCUT2D eigenvalue weighted by Gasteiger charge is 2.16. The standard InChI is InChI=1S/C24H49NO2/c1-2-3-4-5-6-7-8-11-14-17-20-23(24(26)27)21-18-15-12-9-10-13-16-19-22-25/h23H,2-22,25H2,1H3,(H,26,27). The van der Waals surface area contributed by atoms with E-state index in [4.69, 9.17) is 5.73 Å². The molecule has 162 valence electrons. The number of carboxylic acids is 1. The maximum Gasteiger partial charge on any atom is 0.306 e. The first-order valence-electron chi connectivity index (χ1n) is 12.1. The molecule has 0 saturated carbocycles. The van der Waals surface area contributed by atoms with Crippen molar-refractivity contribution in [2.45, 2.75) is 135 Å². The molecule has 3 heteroatoms. The van der Waals surface area contributed by atoms with Crippen molar-refractivity contribution in [3.63, 3.8) is 0 Å². The Morgan fingerprint density at radius 2 is 0.963 bits per heavy atom. The van der Waals surface area contributed by atoms with Crippen LogP contribution in [0.3, 0.4) is 0 Å². The summed E-state index contributed by atoms with van der Waals surface area (Å²) in [4.78, 5) is 11.4. The van der Waals surface area contributed by atoms with Crippen LogP contribution in [0.5, 0.6) is 0 Å². The Morgan fingerprint density at radius 1 is 0.630 bits per heavy atom. The van der Waals surface area contributed by atoms with Crippen LogP contribution in [0, 0.1) is 5.92 Å². The highest BCUT2D eigenvalue weighted by Crippen LogP contribution is 2.20. The van der Waals surface area contributed by atoms with Crippen molar-refractivity contribution >= 4 is 5.97 Å². The minimum absolute atomic E-state index is 0.108. The first kappa shape index (κ1) is 26.4. The summed E-state index contributed by atoms with van der Waals surface area (Å²) in [7, 11) is 0. The number of carboxylic acid groups (broad SMARTS) is 1. The second-order valence-corrected chi connectivity index (χ2v) is 8.41. The molecule has 3 N–H and O–H groups in total. The predicted octanol–water partition coefficient (Wildman–Crippen LogP) is 7.47. The van der Waals surface area contributed by atoms with Gasteiger partial charge in [-0.1, -0.05) is 116 Å². The molecule has 1 unspecified atom stereocenters.